The van der Waals surface area contributed by atoms with Crippen molar-refractivity contribution in [3.8, 4) is 11.1 Å². The van der Waals surface area contributed by atoms with Crippen molar-refractivity contribution in [2.45, 2.75) is 13.1 Å². The van der Waals surface area contributed by atoms with Gasteiger partial charge in [0.25, 0.3) is 5.91 Å². The van der Waals surface area contributed by atoms with E-state index < -0.39 is 0 Å². The molecule has 3 aromatic carbocycles. The highest BCUT2D eigenvalue weighted by Gasteiger charge is 2.26. The van der Waals surface area contributed by atoms with Crippen LogP contribution in [0.1, 0.15) is 21.7 Å². The lowest BCUT2D eigenvalue weighted by Crippen LogP contribution is -2.35. The maximum Gasteiger partial charge on any atom is 0.273 e. The summed E-state index contributed by atoms with van der Waals surface area (Å²) >= 11 is 0. The summed E-state index contributed by atoms with van der Waals surface area (Å²) in [4.78, 5) is 29.9. The second-order valence-electron chi connectivity index (χ2n) is 8.82. The molecule has 1 aliphatic heterocycles. The maximum atomic E-state index is 13.8. The van der Waals surface area contributed by atoms with Gasteiger partial charge in [-0.1, -0.05) is 60.7 Å². The molecule has 9 heteroatoms. The van der Waals surface area contributed by atoms with Crippen LogP contribution < -0.4 is 4.90 Å². The standard InChI is InChI=1S/C29H25N5O.3ClH/c35-29(28-26-9-5-4-8-22(26)12-13-31-28)34-15-14-33(19-25-17-30-20-32-25)27-11-10-23(16-24(27)18-34)21-6-2-1-3-7-21;;;/h1-13,16-17,20H,14-15,18-19H2,(H,30,32);3*1H. The Bertz CT molecular complexity index is 1490. The zero-order chi connectivity index (χ0) is 23.6. The predicted molar refractivity (Wildman–Crippen MR) is 160 cm³/mol. The number of fused-ring (bicyclic) bond motifs is 2. The molecular formula is C29H28Cl3N5O. The Balaban J connectivity index is 0.00000133. The molecule has 196 valence electrons. The van der Waals surface area contributed by atoms with Crippen LogP contribution in [0, 0.1) is 0 Å². The van der Waals surface area contributed by atoms with Gasteiger partial charge in [0.15, 0.2) is 0 Å². The van der Waals surface area contributed by atoms with Crippen molar-refractivity contribution < 1.29 is 4.79 Å². The zero-order valence-corrected chi connectivity index (χ0v) is 22.9. The van der Waals surface area contributed by atoms with Gasteiger partial charge in [-0.3, -0.25) is 9.78 Å². The number of rotatable bonds is 4. The van der Waals surface area contributed by atoms with E-state index in [0.29, 0.717) is 31.9 Å². The third kappa shape index (κ3) is 5.78. The predicted octanol–water partition coefficient (Wildman–Crippen LogP) is 6.55. The van der Waals surface area contributed by atoms with E-state index in [1.807, 2.05) is 59.6 Å². The monoisotopic (exact) mass is 567 g/mol. The summed E-state index contributed by atoms with van der Waals surface area (Å²) in [6.45, 7) is 2.55. The molecule has 0 atom stereocenters. The van der Waals surface area contributed by atoms with Crippen molar-refractivity contribution in [3.05, 3.63) is 115 Å². The third-order valence-electron chi connectivity index (χ3n) is 6.61. The number of hydrogen-bond acceptors (Lipinski definition) is 4. The summed E-state index contributed by atoms with van der Waals surface area (Å²) in [6.07, 6.45) is 5.28. The molecule has 0 bridgehead atoms. The Hall–Kier alpha value is -3.58. The number of anilines is 1. The molecule has 0 aliphatic carbocycles. The fourth-order valence-electron chi connectivity index (χ4n) is 4.83. The second kappa shape index (κ2) is 12.8. The van der Waals surface area contributed by atoms with Crippen molar-refractivity contribution in [2.75, 3.05) is 18.0 Å². The fourth-order valence-corrected chi connectivity index (χ4v) is 4.83. The first kappa shape index (κ1) is 29.0. The molecule has 3 heterocycles. The van der Waals surface area contributed by atoms with Gasteiger partial charge < -0.3 is 14.8 Å². The van der Waals surface area contributed by atoms with E-state index in [-0.39, 0.29) is 43.1 Å². The Morgan fingerprint density at radius 2 is 1.66 bits per heavy atom. The minimum Gasteiger partial charge on any atom is -0.364 e. The number of benzene rings is 3. The van der Waals surface area contributed by atoms with Gasteiger partial charge in [0.05, 0.1) is 18.6 Å². The number of aromatic nitrogens is 3. The van der Waals surface area contributed by atoms with E-state index in [0.717, 1.165) is 38.8 Å². The summed E-state index contributed by atoms with van der Waals surface area (Å²) in [5.41, 5.74) is 6.11. The lowest BCUT2D eigenvalue weighted by Gasteiger charge is -2.24. The minimum atomic E-state index is -0.0405. The highest BCUT2D eigenvalue weighted by molar-refractivity contribution is 6.05. The van der Waals surface area contributed by atoms with E-state index in [9.17, 15) is 4.79 Å². The van der Waals surface area contributed by atoms with Crippen LogP contribution in [0.15, 0.2) is 97.6 Å². The molecule has 38 heavy (non-hydrogen) atoms. The van der Waals surface area contributed by atoms with Crippen LogP contribution in [-0.4, -0.2) is 38.8 Å². The number of amides is 1. The Morgan fingerprint density at radius 1 is 0.868 bits per heavy atom. The van der Waals surface area contributed by atoms with Crippen molar-refractivity contribution in [1.82, 2.24) is 19.9 Å². The molecule has 2 aromatic heterocycles. The molecular weight excluding hydrogens is 541 g/mol. The van der Waals surface area contributed by atoms with Gasteiger partial charge in [-0.15, -0.1) is 37.2 Å². The van der Waals surface area contributed by atoms with Gasteiger partial charge in [-0.05, 0) is 40.3 Å². The molecule has 0 fully saturated rings. The lowest BCUT2D eigenvalue weighted by molar-refractivity contribution is 0.0747. The molecule has 6 nitrogen and oxygen atoms in total. The molecule has 0 saturated heterocycles. The Kier molecular flexibility index (Phi) is 9.75. The molecule has 0 saturated carbocycles. The van der Waals surface area contributed by atoms with Crippen molar-refractivity contribution in [1.29, 1.82) is 0 Å². The number of nitrogens with one attached hydrogen (secondary N) is 1. The number of carbonyl (C=O) groups is 1. The van der Waals surface area contributed by atoms with Gasteiger partial charge in [-0.25, -0.2) is 4.98 Å². The number of nitrogens with zero attached hydrogens (tertiary/aromatic N) is 4. The van der Waals surface area contributed by atoms with Crippen LogP contribution in [0.5, 0.6) is 0 Å². The van der Waals surface area contributed by atoms with Crippen molar-refractivity contribution in [3.63, 3.8) is 0 Å². The van der Waals surface area contributed by atoms with Crippen molar-refractivity contribution >= 4 is 59.6 Å². The summed E-state index contributed by atoms with van der Waals surface area (Å²) < 4.78 is 0. The SMILES string of the molecule is Cl.Cl.Cl.O=C(c1nccc2ccccc12)N1CCN(Cc2cnc[nH]2)c2ccc(-c3ccccc3)cc2C1. The summed E-state index contributed by atoms with van der Waals surface area (Å²) in [6, 6.07) is 26.8. The molecule has 1 amide bonds. The summed E-state index contributed by atoms with van der Waals surface area (Å²) in [5.74, 6) is -0.0405. The van der Waals surface area contributed by atoms with Crippen LogP contribution in [0.3, 0.4) is 0 Å². The molecule has 5 aromatic rings. The molecule has 6 rings (SSSR count). The molecule has 1 aliphatic rings. The molecule has 1 N–H and O–H groups in total. The lowest BCUT2D eigenvalue weighted by atomic mass is 10.0. The van der Waals surface area contributed by atoms with E-state index in [4.69, 9.17) is 0 Å². The average molecular weight is 569 g/mol. The quantitative estimate of drug-likeness (QED) is 0.267. The van der Waals surface area contributed by atoms with Gasteiger partial charge in [0.1, 0.15) is 5.69 Å². The Labute approximate surface area is 240 Å². The largest absolute Gasteiger partial charge is 0.364 e. The number of halogens is 3. The topological polar surface area (TPSA) is 65.1 Å². The first-order chi connectivity index (χ1) is 17.3. The van der Waals surface area contributed by atoms with Crippen molar-refractivity contribution in [2.24, 2.45) is 0 Å². The van der Waals surface area contributed by atoms with Gasteiger partial charge in [-0.2, -0.15) is 0 Å². The van der Waals surface area contributed by atoms with E-state index >= 15 is 0 Å². The Morgan fingerprint density at radius 3 is 2.45 bits per heavy atom. The van der Waals surface area contributed by atoms with E-state index in [1.54, 1.807) is 12.5 Å². The highest BCUT2D eigenvalue weighted by atomic mass is 35.5. The van der Waals surface area contributed by atoms with E-state index in [2.05, 4.69) is 50.2 Å². The van der Waals surface area contributed by atoms with Crippen LogP contribution in [-0.2, 0) is 13.1 Å². The third-order valence-corrected chi connectivity index (χ3v) is 6.61. The number of imidazole rings is 1. The van der Waals surface area contributed by atoms with Crippen LogP contribution in [0.4, 0.5) is 5.69 Å². The van der Waals surface area contributed by atoms with Crippen LogP contribution in [0.25, 0.3) is 21.9 Å². The smallest absolute Gasteiger partial charge is 0.273 e. The first-order valence-electron chi connectivity index (χ1n) is 11.8. The van der Waals surface area contributed by atoms with E-state index in [1.165, 1.54) is 0 Å². The van der Waals surface area contributed by atoms with Gasteiger partial charge in [0, 0.05) is 43.1 Å². The highest BCUT2D eigenvalue weighted by Crippen LogP contribution is 2.32. The molecule has 0 spiro atoms. The average Bonchev–Trinajstić information content (AvgIpc) is 3.36. The minimum absolute atomic E-state index is 0. The normalized spacial score (nSPS) is 12.4. The number of aromatic amines is 1. The van der Waals surface area contributed by atoms with Gasteiger partial charge in [0.2, 0.25) is 0 Å². The van der Waals surface area contributed by atoms with Gasteiger partial charge >= 0.3 is 0 Å². The fraction of sp³-hybridized carbons (Fsp3) is 0.138. The number of pyridine rings is 1. The first-order valence-corrected chi connectivity index (χ1v) is 11.8. The number of H-pyrrole nitrogens is 1. The molecule has 0 radical (unpaired) electrons. The maximum absolute atomic E-state index is 13.8. The van der Waals surface area contributed by atoms with Crippen LogP contribution in [0.2, 0.25) is 0 Å². The second-order valence-corrected chi connectivity index (χ2v) is 8.82. The summed E-state index contributed by atoms with van der Waals surface area (Å²) in [7, 11) is 0. The van der Waals surface area contributed by atoms with Crippen LogP contribution >= 0.6 is 37.2 Å². The summed E-state index contributed by atoms with van der Waals surface area (Å²) in [5, 5.41) is 1.91. The number of carbonyl (C=O) groups excluding carboxylic acids is 1. The zero-order valence-electron chi connectivity index (χ0n) is 20.5. The molecule has 0 unspecified atom stereocenters. The number of hydrogen-bond donors (Lipinski definition) is 1.